The molecule has 0 radical (unpaired) electrons. The third kappa shape index (κ3) is 4.83. The quantitative estimate of drug-likeness (QED) is 0.585. The molecule has 1 aromatic heterocycles. The number of aromatic nitrogens is 1. The molecule has 1 unspecified atom stereocenters. The first kappa shape index (κ1) is 20.8. The molecular formula is C24H24N2O5. The van der Waals surface area contributed by atoms with Crippen LogP contribution in [-0.2, 0) is 14.3 Å². The second-order valence-corrected chi connectivity index (χ2v) is 7.54. The number of nitrogens with zero attached hydrogens (tertiary/aromatic N) is 2. The van der Waals surface area contributed by atoms with Crippen molar-refractivity contribution >= 4 is 11.9 Å². The maximum atomic E-state index is 12.7. The number of carbonyl (C=O) groups is 2. The van der Waals surface area contributed by atoms with Crippen LogP contribution >= 0.6 is 0 Å². The van der Waals surface area contributed by atoms with Crippen LogP contribution in [0.3, 0.4) is 0 Å². The summed E-state index contributed by atoms with van der Waals surface area (Å²) in [5.41, 5.74) is 2.86. The van der Waals surface area contributed by atoms with Gasteiger partial charge in [0.15, 0.2) is 12.4 Å². The average Bonchev–Trinajstić information content (AvgIpc) is 3.28. The largest absolute Gasteiger partial charge is 0.452 e. The van der Waals surface area contributed by atoms with Crippen LogP contribution in [0.1, 0.15) is 22.8 Å². The first-order valence-electron chi connectivity index (χ1n) is 10.2. The van der Waals surface area contributed by atoms with Crippen LogP contribution in [0.4, 0.5) is 0 Å². The monoisotopic (exact) mass is 420 g/mol. The highest BCUT2D eigenvalue weighted by atomic mass is 16.5. The maximum absolute atomic E-state index is 12.7. The van der Waals surface area contributed by atoms with E-state index >= 15 is 0 Å². The van der Waals surface area contributed by atoms with Crippen molar-refractivity contribution in [2.75, 3.05) is 26.3 Å². The zero-order valence-electron chi connectivity index (χ0n) is 17.5. The minimum atomic E-state index is -0.597. The van der Waals surface area contributed by atoms with Crippen LogP contribution in [0.25, 0.3) is 22.8 Å². The molecule has 0 saturated carbocycles. The number of amides is 1. The predicted molar refractivity (Wildman–Crippen MR) is 114 cm³/mol. The van der Waals surface area contributed by atoms with Gasteiger partial charge in [0.2, 0.25) is 5.89 Å². The lowest BCUT2D eigenvalue weighted by molar-refractivity contribution is -0.141. The molecule has 1 saturated heterocycles. The number of esters is 1. The molecule has 0 N–H and O–H groups in total. The van der Waals surface area contributed by atoms with Crippen molar-refractivity contribution in [3.05, 3.63) is 65.9 Å². The van der Waals surface area contributed by atoms with E-state index in [0.717, 1.165) is 11.1 Å². The molecule has 1 aliphatic rings. The lowest BCUT2D eigenvalue weighted by atomic mass is 10.1. The predicted octanol–water partition coefficient (Wildman–Crippen LogP) is 3.72. The Morgan fingerprint density at radius 2 is 1.94 bits per heavy atom. The lowest BCUT2D eigenvalue weighted by Gasteiger charge is -2.30. The van der Waals surface area contributed by atoms with Gasteiger partial charge >= 0.3 is 5.97 Å². The van der Waals surface area contributed by atoms with Gasteiger partial charge in [-0.15, -0.1) is 0 Å². The van der Waals surface area contributed by atoms with Crippen molar-refractivity contribution in [3.8, 4) is 22.8 Å². The molecule has 7 nitrogen and oxygen atoms in total. The molecule has 2 heterocycles. The summed E-state index contributed by atoms with van der Waals surface area (Å²) in [4.78, 5) is 31.1. The van der Waals surface area contributed by atoms with Crippen molar-refractivity contribution < 1.29 is 23.5 Å². The second-order valence-electron chi connectivity index (χ2n) is 7.54. The van der Waals surface area contributed by atoms with Gasteiger partial charge in [0, 0.05) is 18.7 Å². The van der Waals surface area contributed by atoms with Crippen LogP contribution in [-0.4, -0.2) is 54.2 Å². The number of morpholine rings is 1. The van der Waals surface area contributed by atoms with E-state index in [4.69, 9.17) is 13.9 Å². The van der Waals surface area contributed by atoms with E-state index in [2.05, 4.69) is 4.98 Å². The number of carbonyl (C=O) groups excluding carboxylic acids is 2. The van der Waals surface area contributed by atoms with Gasteiger partial charge in [-0.1, -0.05) is 42.0 Å². The number of benzene rings is 2. The van der Waals surface area contributed by atoms with Crippen LogP contribution in [0.2, 0.25) is 0 Å². The fourth-order valence-electron chi connectivity index (χ4n) is 3.44. The molecule has 7 heteroatoms. The molecular weight excluding hydrogens is 396 g/mol. The number of hydrogen-bond acceptors (Lipinski definition) is 6. The molecule has 1 aliphatic heterocycles. The Labute approximate surface area is 180 Å². The smallest absolute Gasteiger partial charge is 0.339 e. The second kappa shape index (κ2) is 9.14. The van der Waals surface area contributed by atoms with E-state index in [9.17, 15) is 9.59 Å². The molecule has 4 rings (SSSR count). The van der Waals surface area contributed by atoms with Gasteiger partial charge in [-0.25, -0.2) is 9.78 Å². The standard InChI is InChI=1S/C24H24N2O5/c1-16-7-9-18(10-8-16)21-13-25-23(31-21)19-5-3-4-6-20(19)24(28)30-15-22(27)26-11-12-29-17(2)14-26/h3-10,13,17H,11-12,14-15H2,1-2H3. The summed E-state index contributed by atoms with van der Waals surface area (Å²) in [5.74, 6) is 0.0883. The molecule has 1 atom stereocenters. The summed E-state index contributed by atoms with van der Waals surface area (Å²) in [5, 5.41) is 0. The summed E-state index contributed by atoms with van der Waals surface area (Å²) >= 11 is 0. The van der Waals surface area contributed by atoms with Gasteiger partial charge in [0.1, 0.15) is 0 Å². The number of oxazole rings is 1. The van der Waals surface area contributed by atoms with Crippen molar-refractivity contribution in [2.45, 2.75) is 20.0 Å². The highest BCUT2D eigenvalue weighted by Crippen LogP contribution is 2.28. The first-order valence-corrected chi connectivity index (χ1v) is 10.2. The van der Waals surface area contributed by atoms with Crippen LogP contribution in [0, 0.1) is 6.92 Å². The highest BCUT2D eigenvalue weighted by molar-refractivity contribution is 5.97. The lowest BCUT2D eigenvalue weighted by Crippen LogP contribution is -2.46. The van der Waals surface area contributed by atoms with E-state index in [0.29, 0.717) is 42.5 Å². The normalized spacial score (nSPS) is 16.2. The van der Waals surface area contributed by atoms with E-state index in [-0.39, 0.29) is 18.6 Å². The van der Waals surface area contributed by atoms with Gasteiger partial charge in [0.05, 0.1) is 30.0 Å². The fourth-order valence-corrected chi connectivity index (χ4v) is 3.44. The van der Waals surface area contributed by atoms with Gasteiger partial charge < -0.3 is 18.8 Å². The summed E-state index contributed by atoms with van der Waals surface area (Å²) in [7, 11) is 0. The molecule has 0 bridgehead atoms. The summed E-state index contributed by atoms with van der Waals surface area (Å²) < 4.78 is 16.7. The topological polar surface area (TPSA) is 81.9 Å². The average molecular weight is 420 g/mol. The third-order valence-electron chi connectivity index (χ3n) is 5.14. The minimum absolute atomic E-state index is 0.0260. The van der Waals surface area contributed by atoms with E-state index in [1.165, 1.54) is 0 Å². The van der Waals surface area contributed by atoms with Crippen molar-refractivity contribution in [1.82, 2.24) is 9.88 Å². The SMILES string of the molecule is Cc1ccc(-c2cnc(-c3ccccc3C(=O)OCC(=O)N3CCOC(C)C3)o2)cc1. The molecule has 160 valence electrons. The Bertz CT molecular complexity index is 1070. The Kier molecular flexibility index (Phi) is 6.13. The molecule has 2 aromatic carbocycles. The van der Waals surface area contributed by atoms with Gasteiger partial charge in [-0.3, -0.25) is 4.79 Å². The molecule has 0 spiro atoms. The molecule has 3 aromatic rings. The Balaban J connectivity index is 1.48. The fraction of sp³-hybridized carbons (Fsp3) is 0.292. The molecule has 31 heavy (non-hydrogen) atoms. The summed E-state index contributed by atoms with van der Waals surface area (Å²) in [6.07, 6.45) is 1.60. The van der Waals surface area contributed by atoms with Crippen molar-refractivity contribution in [2.24, 2.45) is 0 Å². The zero-order chi connectivity index (χ0) is 21.8. The number of hydrogen-bond donors (Lipinski definition) is 0. The Hall–Kier alpha value is -3.45. The summed E-state index contributed by atoms with van der Waals surface area (Å²) in [6, 6.07) is 14.8. The number of ether oxygens (including phenoxy) is 2. The van der Waals surface area contributed by atoms with Gasteiger partial charge in [-0.05, 0) is 26.0 Å². The van der Waals surface area contributed by atoms with Crippen molar-refractivity contribution in [3.63, 3.8) is 0 Å². The first-order chi connectivity index (χ1) is 15.0. The number of rotatable bonds is 5. The molecule has 0 aliphatic carbocycles. The van der Waals surface area contributed by atoms with Crippen LogP contribution in [0.5, 0.6) is 0 Å². The molecule has 1 amide bonds. The Morgan fingerprint density at radius 1 is 1.16 bits per heavy atom. The zero-order valence-corrected chi connectivity index (χ0v) is 17.5. The van der Waals surface area contributed by atoms with E-state index < -0.39 is 5.97 Å². The van der Waals surface area contributed by atoms with Crippen LogP contribution in [0.15, 0.2) is 59.1 Å². The Morgan fingerprint density at radius 3 is 2.71 bits per heavy atom. The minimum Gasteiger partial charge on any atom is -0.452 e. The highest BCUT2D eigenvalue weighted by Gasteiger charge is 2.24. The number of aryl methyl sites for hydroxylation is 1. The molecule has 1 fully saturated rings. The van der Waals surface area contributed by atoms with Gasteiger partial charge in [-0.2, -0.15) is 0 Å². The van der Waals surface area contributed by atoms with E-state index in [1.54, 1.807) is 35.4 Å². The van der Waals surface area contributed by atoms with Crippen LogP contribution < -0.4 is 0 Å². The van der Waals surface area contributed by atoms with E-state index in [1.807, 2.05) is 38.1 Å². The summed E-state index contributed by atoms with van der Waals surface area (Å²) in [6.45, 7) is 5.07. The maximum Gasteiger partial charge on any atom is 0.339 e. The van der Waals surface area contributed by atoms with Gasteiger partial charge in [0.25, 0.3) is 5.91 Å². The van der Waals surface area contributed by atoms with Crippen molar-refractivity contribution in [1.29, 1.82) is 0 Å². The third-order valence-corrected chi connectivity index (χ3v) is 5.14.